The molecule has 1 aliphatic rings. The van der Waals surface area contributed by atoms with Gasteiger partial charge >= 0.3 is 12.1 Å². The average Bonchev–Trinajstić information content (AvgIpc) is 2.85. The van der Waals surface area contributed by atoms with Crippen LogP contribution in [0, 0.1) is 5.82 Å². The lowest BCUT2D eigenvalue weighted by Gasteiger charge is -2.06. The largest absolute Gasteiger partial charge is 0.447 e. The predicted octanol–water partition coefficient (Wildman–Crippen LogP) is 1.48. The molecular formula is C13H10FNO5. The van der Waals surface area contributed by atoms with Gasteiger partial charge in [-0.3, -0.25) is 4.79 Å². The average molecular weight is 279 g/mol. The maximum atomic E-state index is 12.7. The molecule has 104 valence electrons. The standard InChI is InChI=1S/C13H10FNO5/c14-10-3-1-9(2-4-10)12(17)19-7-5-11(16)15-6-8-20-13(15)18/h1-5,7H,6,8H2/b7-5+. The first kappa shape index (κ1) is 13.7. The Bertz CT molecular complexity index is 567. The summed E-state index contributed by atoms with van der Waals surface area (Å²) in [5.41, 5.74) is 0.143. The summed E-state index contributed by atoms with van der Waals surface area (Å²) in [6, 6.07) is 4.74. The first-order valence-corrected chi connectivity index (χ1v) is 5.69. The van der Waals surface area contributed by atoms with Gasteiger partial charge in [-0.15, -0.1) is 0 Å². The van der Waals surface area contributed by atoms with E-state index in [4.69, 9.17) is 4.74 Å². The highest BCUT2D eigenvalue weighted by atomic mass is 19.1. The van der Waals surface area contributed by atoms with Crippen molar-refractivity contribution in [3.05, 3.63) is 48.0 Å². The van der Waals surface area contributed by atoms with Gasteiger partial charge in [0.1, 0.15) is 18.7 Å². The third-order valence-electron chi connectivity index (χ3n) is 2.49. The van der Waals surface area contributed by atoms with Gasteiger partial charge in [0.15, 0.2) is 0 Å². The van der Waals surface area contributed by atoms with Crippen molar-refractivity contribution < 1.29 is 28.2 Å². The molecule has 0 spiro atoms. The van der Waals surface area contributed by atoms with E-state index >= 15 is 0 Å². The highest BCUT2D eigenvalue weighted by molar-refractivity contribution is 5.99. The zero-order chi connectivity index (χ0) is 14.5. The molecule has 1 fully saturated rings. The molecule has 1 saturated heterocycles. The normalized spacial score (nSPS) is 14.4. The van der Waals surface area contributed by atoms with Gasteiger partial charge < -0.3 is 9.47 Å². The lowest BCUT2D eigenvalue weighted by molar-refractivity contribution is -0.122. The fourth-order valence-electron chi connectivity index (χ4n) is 1.49. The molecule has 1 aromatic carbocycles. The minimum Gasteiger partial charge on any atom is -0.447 e. The third-order valence-corrected chi connectivity index (χ3v) is 2.49. The lowest BCUT2D eigenvalue weighted by Crippen LogP contribution is -2.29. The number of carbonyl (C=O) groups excluding carboxylic acids is 3. The second-order valence-corrected chi connectivity index (χ2v) is 3.82. The fourth-order valence-corrected chi connectivity index (χ4v) is 1.49. The van der Waals surface area contributed by atoms with Crippen LogP contribution in [-0.2, 0) is 14.3 Å². The van der Waals surface area contributed by atoms with Crippen LogP contribution in [0.25, 0.3) is 0 Å². The predicted molar refractivity (Wildman–Crippen MR) is 64.0 cm³/mol. The molecule has 6 nitrogen and oxygen atoms in total. The van der Waals surface area contributed by atoms with Crippen LogP contribution < -0.4 is 0 Å². The number of hydrogen-bond donors (Lipinski definition) is 0. The van der Waals surface area contributed by atoms with Gasteiger partial charge in [0.2, 0.25) is 0 Å². The second-order valence-electron chi connectivity index (χ2n) is 3.82. The van der Waals surface area contributed by atoms with Gasteiger partial charge in [-0.25, -0.2) is 18.9 Å². The first-order valence-electron chi connectivity index (χ1n) is 5.69. The van der Waals surface area contributed by atoms with E-state index in [0.29, 0.717) is 0 Å². The maximum Gasteiger partial charge on any atom is 0.416 e. The fraction of sp³-hybridized carbons (Fsp3) is 0.154. The summed E-state index contributed by atoms with van der Waals surface area (Å²) in [7, 11) is 0. The molecule has 1 aliphatic heterocycles. The van der Waals surface area contributed by atoms with E-state index in [9.17, 15) is 18.8 Å². The van der Waals surface area contributed by atoms with Crippen LogP contribution in [0.3, 0.4) is 0 Å². The summed E-state index contributed by atoms with van der Waals surface area (Å²) in [5, 5.41) is 0. The van der Waals surface area contributed by atoms with Gasteiger partial charge in [0.05, 0.1) is 12.1 Å². The number of ether oxygens (including phenoxy) is 2. The molecule has 1 aromatic rings. The number of cyclic esters (lactones) is 1. The summed E-state index contributed by atoms with van der Waals surface area (Å²) in [6.45, 7) is 0.307. The molecule has 0 saturated carbocycles. The van der Waals surface area contributed by atoms with E-state index in [2.05, 4.69) is 4.74 Å². The van der Waals surface area contributed by atoms with Crippen LogP contribution in [0.1, 0.15) is 10.4 Å². The van der Waals surface area contributed by atoms with Crippen LogP contribution in [0.5, 0.6) is 0 Å². The van der Waals surface area contributed by atoms with E-state index in [1.165, 1.54) is 12.1 Å². The summed E-state index contributed by atoms with van der Waals surface area (Å²) in [4.78, 5) is 35.0. The number of rotatable bonds is 3. The van der Waals surface area contributed by atoms with Gasteiger partial charge in [0, 0.05) is 6.08 Å². The van der Waals surface area contributed by atoms with Crippen molar-refractivity contribution in [1.29, 1.82) is 0 Å². The zero-order valence-electron chi connectivity index (χ0n) is 10.2. The van der Waals surface area contributed by atoms with E-state index in [0.717, 1.165) is 29.4 Å². The van der Waals surface area contributed by atoms with Crippen molar-refractivity contribution in [3.8, 4) is 0 Å². The Morgan fingerprint density at radius 1 is 1.30 bits per heavy atom. The number of hydrogen-bond acceptors (Lipinski definition) is 5. The van der Waals surface area contributed by atoms with Crippen LogP contribution in [0.2, 0.25) is 0 Å². The molecular weight excluding hydrogens is 269 g/mol. The van der Waals surface area contributed by atoms with Crippen molar-refractivity contribution in [2.24, 2.45) is 0 Å². The lowest BCUT2D eigenvalue weighted by atomic mass is 10.2. The molecule has 0 N–H and O–H groups in total. The van der Waals surface area contributed by atoms with Crippen LogP contribution >= 0.6 is 0 Å². The van der Waals surface area contributed by atoms with Crippen molar-refractivity contribution in [3.63, 3.8) is 0 Å². The zero-order valence-corrected chi connectivity index (χ0v) is 10.2. The number of halogens is 1. The minimum absolute atomic E-state index is 0.143. The first-order chi connectivity index (χ1) is 9.58. The number of imide groups is 1. The molecule has 0 aromatic heterocycles. The molecule has 7 heteroatoms. The molecule has 0 radical (unpaired) electrons. The van der Waals surface area contributed by atoms with Crippen molar-refractivity contribution >= 4 is 18.0 Å². The van der Waals surface area contributed by atoms with E-state index < -0.39 is 23.8 Å². The van der Waals surface area contributed by atoms with Crippen LogP contribution in [-0.4, -0.2) is 36.0 Å². The van der Waals surface area contributed by atoms with E-state index in [1.54, 1.807) is 0 Å². The molecule has 2 rings (SSSR count). The number of benzene rings is 1. The van der Waals surface area contributed by atoms with Gasteiger partial charge in [0.25, 0.3) is 5.91 Å². The topological polar surface area (TPSA) is 72.9 Å². The van der Waals surface area contributed by atoms with Gasteiger partial charge in [-0.2, -0.15) is 0 Å². The second kappa shape index (κ2) is 5.96. The smallest absolute Gasteiger partial charge is 0.416 e. The Labute approximate surface area is 113 Å². The Balaban J connectivity index is 1.89. The monoisotopic (exact) mass is 279 g/mol. The molecule has 20 heavy (non-hydrogen) atoms. The highest BCUT2D eigenvalue weighted by Crippen LogP contribution is 2.06. The number of amides is 2. The summed E-state index contributed by atoms with van der Waals surface area (Å²) < 4.78 is 21.9. The summed E-state index contributed by atoms with van der Waals surface area (Å²) in [5.74, 6) is -1.85. The number of carbonyl (C=O) groups is 3. The molecule has 0 aliphatic carbocycles. The minimum atomic E-state index is -0.738. The van der Waals surface area contributed by atoms with E-state index in [-0.39, 0.29) is 18.7 Å². The van der Waals surface area contributed by atoms with Gasteiger partial charge in [-0.1, -0.05) is 0 Å². The van der Waals surface area contributed by atoms with E-state index in [1.807, 2.05) is 0 Å². The summed E-state index contributed by atoms with van der Waals surface area (Å²) in [6.07, 6.45) is 1.08. The Kier molecular flexibility index (Phi) is 4.09. The SMILES string of the molecule is O=C(O/C=C/C(=O)N1CCOC1=O)c1ccc(F)cc1. The highest BCUT2D eigenvalue weighted by Gasteiger charge is 2.26. The summed E-state index contributed by atoms with van der Waals surface area (Å²) >= 11 is 0. The Hall–Kier alpha value is -2.70. The Morgan fingerprint density at radius 2 is 2.00 bits per heavy atom. The van der Waals surface area contributed by atoms with Crippen molar-refractivity contribution in [2.45, 2.75) is 0 Å². The molecule has 1 heterocycles. The van der Waals surface area contributed by atoms with Gasteiger partial charge in [-0.05, 0) is 24.3 Å². The Morgan fingerprint density at radius 3 is 2.60 bits per heavy atom. The van der Waals surface area contributed by atoms with Crippen LogP contribution in [0.15, 0.2) is 36.6 Å². The molecule has 0 unspecified atom stereocenters. The molecule has 2 amide bonds. The molecule has 0 atom stereocenters. The van der Waals surface area contributed by atoms with Crippen molar-refractivity contribution in [2.75, 3.05) is 13.2 Å². The number of nitrogens with zero attached hydrogens (tertiary/aromatic N) is 1. The quantitative estimate of drug-likeness (QED) is 0.476. The molecule has 0 bridgehead atoms. The number of esters is 1. The van der Waals surface area contributed by atoms with Crippen molar-refractivity contribution in [1.82, 2.24) is 4.90 Å². The van der Waals surface area contributed by atoms with Crippen LogP contribution in [0.4, 0.5) is 9.18 Å². The third kappa shape index (κ3) is 3.19. The maximum absolute atomic E-state index is 12.7.